The number of halogens is 1. The van der Waals surface area contributed by atoms with Crippen molar-refractivity contribution in [1.82, 2.24) is 4.90 Å². The van der Waals surface area contributed by atoms with Crippen LogP contribution < -0.4 is 0 Å². The first kappa shape index (κ1) is 12.1. The molecule has 1 heterocycles. The van der Waals surface area contributed by atoms with Crippen molar-refractivity contribution < 1.29 is 0 Å². The Labute approximate surface area is 107 Å². The highest BCUT2D eigenvalue weighted by Gasteiger charge is 2.14. The first-order valence-electron chi connectivity index (χ1n) is 6.30. The Hall–Kier alpha value is -0.340. The minimum absolute atomic E-state index is 1.19. The summed E-state index contributed by atoms with van der Waals surface area (Å²) in [5.74, 6) is 0. The van der Waals surface area contributed by atoms with Gasteiger partial charge in [0, 0.05) is 17.6 Å². The highest BCUT2D eigenvalue weighted by molar-refractivity contribution is 9.10. The Balaban J connectivity index is 2.04. The SMILES string of the molecule is CCCCN1CCc2cccc(Br)c2CC1. The lowest BCUT2D eigenvalue weighted by atomic mass is 10.0. The minimum Gasteiger partial charge on any atom is -0.303 e. The number of benzene rings is 1. The van der Waals surface area contributed by atoms with E-state index in [2.05, 4.69) is 46.0 Å². The van der Waals surface area contributed by atoms with E-state index >= 15 is 0 Å². The summed E-state index contributed by atoms with van der Waals surface area (Å²) in [7, 11) is 0. The molecule has 1 nitrogen and oxygen atoms in total. The summed E-state index contributed by atoms with van der Waals surface area (Å²) in [6.45, 7) is 5.98. The van der Waals surface area contributed by atoms with E-state index in [4.69, 9.17) is 0 Å². The molecule has 0 unspecified atom stereocenters. The summed E-state index contributed by atoms with van der Waals surface area (Å²) < 4.78 is 1.29. The van der Waals surface area contributed by atoms with Crippen LogP contribution in [0, 0.1) is 0 Å². The van der Waals surface area contributed by atoms with Gasteiger partial charge in [-0.1, -0.05) is 41.4 Å². The maximum atomic E-state index is 3.67. The third-order valence-electron chi connectivity index (χ3n) is 3.42. The summed E-state index contributed by atoms with van der Waals surface area (Å²) in [6, 6.07) is 6.61. The fraction of sp³-hybridized carbons (Fsp3) is 0.571. The van der Waals surface area contributed by atoms with E-state index in [-0.39, 0.29) is 0 Å². The number of fused-ring (bicyclic) bond motifs is 1. The van der Waals surface area contributed by atoms with E-state index in [0.717, 1.165) is 0 Å². The van der Waals surface area contributed by atoms with Gasteiger partial charge in [-0.2, -0.15) is 0 Å². The van der Waals surface area contributed by atoms with Crippen molar-refractivity contribution in [2.75, 3.05) is 19.6 Å². The Kier molecular flexibility index (Phi) is 4.42. The van der Waals surface area contributed by atoms with Crippen molar-refractivity contribution in [1.29, 1.82) is 0 Å². The minimum atomic E-state index is 1.19. The molecule has 1 aromatic carbocycles. The topological polar surface area (TPSA) is 3.24 Å². The highest BCUT2D eigenvalue weighted by atomic mass is 79.9. The van der Waals surface area contributed by atoms with Crippen LogP contribution >= 0.6 is 15.9 Å². The van der Waals surface area contributed by atoms with Crippen LogP contribution in [0.3, 0.4) is 0 Å². The fourth-order valence-corrected chi connectivity index (χ4v) is 2.99. The van der Waals surface area contributed by atoms with Gasteiger partial charge in [-0.15, -0.1) is 0 Å². The van der Waals surface area contributed by atoms with E-state index in [9.17, 15) is 0 Å². The molecule has 0 aliphatic carbocycles. The standard InChI is InChI=1S/C14H20BrN/c1-2-3-9-16-10-7-12-5-4-6-14(15)13(12)8-11-16/h4-6H,2-3,7-11H2,1H3. The quantitative estimate of drug-likeness (QED) is 0.818. The molecule has 0 atom stereocenters. The molecule has 0 saturated heterocycles. The number of unbranched alkanes of at least 4 members (excludes halogenated alkanes) is 1. The zero-order valence-electron chi connectivity index (χ0n) is 10.0. The van der Waals surface area contributed by atoms with Gasteiger partial charge in [0.25, 0.3) is 0 Å². The van der Waals surface area contributed by atoms with Gasteiger partial charge in [0.05, 0.1) is 0 Å². The summed E-state index contributed by atoms with van der Waals surface area (Å²) in [5, 5.41) is 0. The van der Waals surface area contributed by atoms with Gasteiger partial charge in [0.15, 0.2) is 0 Å². The average Bonchev–Trinajstić information content (AvgIpc) is 2.50. The van der Waals surface area contributed by atoms with Gasteiger partial charge >= 0.3 is 0 Å². The summed E-state index contributed by atoms with van der Waals surface area (Å²) in [4.78, 5) is 2.61. The summed E-state index contributed by atoms with van der Waals surface area (Å²) in [5.41, 5.74) is 3.06. The Morgan fingerprint density at radius 3 is 2.88 bits per heavy atom. The Bertz CT molecular complexity index is 349. The van der Waals surface area contributed by atoms with E-state index < -0.39 is 0 Å². The van der Waals surface area contributed by atoms with Crippen molar-refractivity contribution in [2.45, 2.75) is 32.6 Å². The van der Waals surface area contributed by atoms with Crippen LogP contribution in [-0.2, 0) is 12.8 Å². The van der Waals surface area contributed by atoms with Crippen LogP contribution in [0.15, 0.2) is 22.7 Å². The van der Waals surface area contributed by atoms with Gasteiger partial charge < -0.3 is 4.90 Å². The molecule has 88 valence electrons. The molecule has 2 heteroatoms. The van der Waals surface area contributed by atoms with Crippen molar-refractivity contribution in [3.63, 3.8) is 0 Å². The molecule has 1 aliphatic rings. The van der Waals surface area contributed by atoms with Crippen LogP contribution in [-0.4, -0.2) is 24.5 Å². The van der Waals surface area contributed by atoms with Crippen LogP contribution in [0.1, 0.15) is 30.9 Å². The molecule has 0 bridgehead atoms. The second-order valence-corrected chi connectivity index (χ2v) is 5.43. The molecule has 16 heavy (non-hydrogen) atoms. The molecule has 1 aliphatic heterocycles. The van der Waals surface area contributed by atoms with Gasteiger partial charge in [-0.3, -0.25) is 0 Å². The lowest BCUT2D eigenvalue weighted by Gasteiger charge is -2.18. The third-order valence-corrected chi connectivity index (χ3v) is 4.16. The van der Waals surface area contributed by atoms with Crippen molar-refractivity contribution in [2.24, 2.45) is 0 Å². The molecular formula is C14H20BrN. The van der Waals surface area contributed by atoms with Gasteiger partial charge in [-0.25, -0.2) is 0 Å². The monoisotopic (exact) mass is 281 g/mol. The average molecular weight is 282 g/mol. The zero-order valence-corrected chi connectivity index (χ0v) is 11.6. The van der Waals surface area contributed by atoms with Crippen molar-refractivity contribution in [3.05, 3.63) is 33.8 Å². The molecule has 0 fully saturated rings. The van der Waals surface area contributed by atoms with Crippen LogP contribution in [0.2, 0.25) is 0 Å². The Morgan fingerprint density at radius 1 is 1.25 bits per heavy atom. The maximum absolute atomic E-state index is 3.67. The second-order valence-electron chi connectivity index (χ2n) is 4.57. The van der Waals surface area contributed by atoms with E-state index in [0.29, 0.717) is 0 Å². The third kappa shape index (κ3) is 2.86. The van der Waals surface area contributed by atoms with Crippen LogP contribution in [0.5, 0.6) is 0 Å². The van der Waals surface area contributed by atoms with Crippen LogP contribution in [0.4, 0.5) is 0 Å². The first-order valence-corrected chi connectivity index (χ1v) is 7.09. The number of rotatable bonds is 3. The molecule has 0 saturated carbocycles. The molecular weight excluding hydrogens is 262 g/mol. The predicted molar refractivity (Wildman–Crippen MR) is 72.9 cm³/mol. The molecule has 0 amide bonds. The predicted octanol–water partition coefficient (Wildman–Crippen LogP) is 3.65. The lowest BCUT2D eigenvalue weighted by molar-refractivity contribution is 0.283. The molecule has 2 rings (SSSR count). The zero-order chi connectivity index (χ0) is 11.4. The van der Waals surface area contributed by atoms with Crippen molar-refractivity contribution >= 4 is 15.9 Å². The molecule has 0 N–H and O–H groups in total. The van der Waals surface area contributed by atoms with Gasteiger partial charge in [0.2, 0.25) is 0 Å². The Morgan fingerprint density at radius 2 is 2.06 bits per heavy atom. The molecule has 1 aromatic rings. The van der Waals surface area contributed by atoms with Gasteiger partial charge in [-0.05, 0) is 43.0 Å². The number of hydrogen-bond donors (Lipinski definition) is 0. The second kappa shape index (κ2) is 5.83. The van der Waals surface area contributed by atoms with E-state index in [1.54, 1.807) is 0 Å². The normalized spacial score (nSPS) is 16.9. The number of nitrogens with zero attached hydrogens (tertiary/aromatic N) is 1. The largest absolute Gasteiger partial charge is 0.303 e. The van der Waals surface area contributed by atoms with Gasteiger partial charge in [0.1, 0.15) is 0 Å². The molecule has 0 aromatic heterocycles. The number of hydrogen-bond acceptors (Lipinski definition) is 1. The van der Waals surface area contributed by atoms with E-state index in [1.807, 2.05) is 0 Å². The first-order chi connectivity index (χ1) is 7.81. The smallest absolute Gasteiger partial charge is 0.0210 e. The highest BCUT2D eigenvalue weighted by Crippen LogP contribution is 2.24. The maximum Gasteiger partial charge on any atom is 0.0210 e. The van der Waals surface area contributed by atoms with Crippen LogP contribution in [0.25, 0.3) is 0 Å². The summed E-state index contributed by atoms with van der Waals surface area (Å²) >= 11 is 3.67. The summed E-state index contributed by atoms with van der Waals surface area (Å²) in [6.07, 6.45) is 5.03. The molecule has 0 spiro atoms. The molecule has 0 radical (unpaired) electrons. The fourth-order valence-electron chi connectivity index (χ4n) is 2.38. The van der Waals surface area contributed by atoms with E-state index in [1.165, 1.54) is 60.9 Å². The lowest BCUT2D eigenvalue weighted by Crippen LogP contribution is -2.27. The van der Waals surface area contributed by atoms with Crippen molar-refractivity contribution in [3.8, 4) is 0 Å².